The third-order valence-electron chi connectivity index (χ3n) is 8.22. The number of ether oxygens (including phenoxy) is 4. The van der Waals surface area contributed by atoms with E-state index in [4.69, 9.17) is 18.9 Å². The number of aromatic nitrogens is 3. The first kappa shape index (κ1) is 31.6. The number of methoxy groups -OCH3 is 1. The van der Waals surface area contributed by atoms with Gasteiger partial charge in [0.2, 0.25) is 5.88 Å². The van der Waals surface area contributed by atoms with Crippen molar-refractivity contribution in [2.75, 3.05) is 40.2 Å². The summed E-state index contributed by atoms with van der Waals surface area (Å²) in [5.41, 5.74) is 1.48. The topological polar surface area (TPSA) is 78.8 Å². The van der Waals surface area contributed by atoms with Gasteiger partial charge in [0.15, 0.2) is 19.2 Å². The van der Waals surface area contributed by atoms with Gasteiger partial charge in [-0.25, -0.2) is 8.78 Å². The van der Waals surface area contributed by atoms with E-state index in [1.54, 1.807) is 19.1 Å². The molecule has 0 saturated carbocycles. The molecule has 13 heteroatoms. The summed E-state index contributed by atoms with van der Waals surface area (Å²) in [5.74, 6) is -1.71. The van der Waals surface area contributed by atoms with Crippen LogP contribution in [-0.2, 0) is 11.2 Å². The molecule has 4 heterocycles. The first-order valence-electron chi connectivity index (χ1n) is 14.6. The molecule has 0 unspecified atom stereocenters. The Morgan fingerprint density at radius 3 is 2.41 bits per heavy atom. The second-order valence-corrected chi connectivity index (χ2v) is 11.6. The quantitative estimate of drug-likeness (QED) is 0.105. The molecule has 2 aliphatic heterocycles. The predicted molar refractivity (Wildman–Crippen MR) is 161 cm³/mol. The second-order valence-electron chi connectivity index (χ2n) is 11.6. The van der Waals surface area contributed by atoms with Crippen molar-refractivity contribution in [3.63, 3.8) is 0 Å². The Kier molecular flexibility index (Phi) is 8.32. The minimum Gasteiger partial charge on any atom is -0.468 e. The van der Waals surface area contributed by atoms with Crippen LogP contribution in [0.5, 0.6) is 17.6 Å². The van der Waals surface area contributed by atoms with Crippen molar-refractivity contribution in [1.29, 1.82) is 0 Å². The van der Waals surface area contributed by atoms with Crippen LogP contribution in [0.4, 0.5) is 22.0 Å². The van der Waals surface area contributed by atoms with E-state index >= 15 is 4.39 Å². The Hall–Kier alpha value is -4.36. The van der Waals surface area contributed by atoms with Crippen molar-refractivity contribution in [2.45, 2.75) is 37.9 Å². The van der Waals surface area contributed by atoms with Gasteiger partial charge in [-0.15, -0.1) is 0 Å². The summed E-state index contributed by atoms with van der Waals surface area (Å²) in [6.45, 7) is 9.56. The summed E-state index contributed by atoms with van der Waals surface area (Å²) in [7, 11) is 1.44. The van der Waals surface area contributed by atoms with Crippen molar-refractivity contribution in [2.24, 2.45) is 0 Å². The molecule has 2 aliphatic rings. The summed E-state index contributed by atoms with van der Waals surface area (Å²) in [6, 6.07) is 5.67. The lowest BCUT2D eigenvalue weighted by atomic mass is 9.92. The fraction of sp³-hybridized carbons (Fsp3) is 0.364. The molecule has 2 saturated heterocycles. The van der Waals surface area contributed by atoms with Gasteiger partial charge in [0, 0.05) is 32.0 Å². The predicted octanol–water partition coefficient (Wildman–Crippen LogP) is 6.95. The van der Waals surface area contributed by atoms with Crippen molar-refractivity contribution in [3.05, 3.63) is 72.0 Å². The maximum Gasteiger partial charge on any atom is 0.422 e. The van der Waals surface area contributed by atoms with Gasteiger partial charge < -0.3 is 18.9 Å². The Morgan fingerprint density at radius 1 is 1.00 bits per heavy atom. The molecule has 0 amide bonds. The molecule has 4 aromatic rings. The largest absolute Gasteiger partial charge is 0.468 e. The first-order chi connectivity index (χ1) is 21.9. The van der Waals surface area contributed by atoms with Gasteiger partial charge in [0.25, 0.3) is 0 Å². The van der Waals surface area contributed by atoms with Crippen LogP contribution in [-0.4, -0.2) is 71.8 Å². The number of hydrogen-bond acceptors (Lipinski definition) is 8. The van der Waals surface area contributed by atoms with Crippen LogP contribution in [0, 0.1) is 11.6 Å². The first-order valence-corrected chi connectivity index (χ1v) is 14.6. The number of nitrogens with zero attached hydrogens (tertiary/aromatic N) is 4. The number of pyridine rings is 1. The van der Waals surface area contributed by atoms with Crippen LogP contribution < -0.4 is 14.2 Å². The van der Waals surface area contributed by atoms with E-state index in [1.807, 2.05) is 0 Å². The third-order valence-corrected chi connectivity index (χ3v) is 8.22. The minimum atomic E-state index is -4.69. The average molecular weight is 643 g/mol. The standard InChI is InChI=1S/C33H31F5N4O4/c1-5-22-25(34)7-6-20-8-21(46-17-43-4)9-23(26(20)22)28-27(35)29-24(12-39-28)30(44-16-33(36,37)38)41-31(40-29)45-15-32-10-18(2)13-42(32)14-19(3)11-32/h6-9,12H,2-3,5,10-11,13-17H2,1,4H3. The van der Waals surface area contributed by atoms with E-state index in [-0.39, 0.29) is 48.0 Å². The summed E-state index contributed by atoms with van der Waals surface area (Å²) in [4.78, 5) is 14.8. The third kappa shape index (κ3) is 5.96. The van der Waals surface area contributed by atoms with E-state index in [2.05, 4.69) is 33.0 Å². The molecule has 242 valence electrons. The minimum absolute atomic E-state index is 0.0669. The number of halogens is 5. The molecule has 6 rings (SSSR count). The molecule has 2 fully saturated rings. The average Bonchev–Trinajstić information content (AvgIpc) is 3.47. The molecule has 0 spiro atoms. The van der Waals surface area contributed by atoms with Crippen LogP contribution in [0.3, 0.4) is 0 Å². The monoisotopic (exact) mass is 642 g/mol. The van der Waals surface area contributed by atoms with E-state index in [0.717, 1.165) is 17.3 Å². The summed E-state index contributed by atoms with van der Waals surface area (Å²) in [5, 5.41) is 0.766. The molecule has 0 aliphatic carbocycles. The highest BCUT2D eigenvalue weighted by molar-refractivity contribution is 6.01. The highest BCUT2D eigenvalue weighted by Gasteiger charge is 2.48. The zero-order valence-corrected chi connectivity index (χ0v) is 25.3. The van der Waals surface area contributed by atoms with Gasteiger partial charge in [0.1, 0.15) is 29.4 Å². The maximum atomic E-state index is 16.6. The second kappa shape index (κ2) is 12.1. The molecular weight excluding hydrogens is 611 g/mol. The van der Waals surface area contributed by atoms with Crippen molar-refractivity contribution >= 4 is 21.7 Å². The summed E-state index contributed by atoms with van der Waals surface area (Å²) < 4.78 is 92.8. The Morgan fingerprint density at radius 2 is 1.74 bits per heavy atom. The number of fused-ring (bicyclic) bond motifs is 3. The van der Waals surface area contributed by atoms with Gasteiger partial charge in [-0.2, -0.15) is 23.1 Å². The zero-order valence-electron chi connectivity index (χ0n) is 25.3. The van der Waals surface area contributed by atoms with Crippen molar-refractivity contribution in [3.8, 4) is 28.9 Å². The normalized spacial score (nSPS) is 16.4. The molecule has 0 N–H and O–H groups in total. The number of rotatable bonds is 10. The van der Waals surface area contributed by atoms with E-state index < -0.39 is 35.8 Å². The molecule has 46 heavy (non-hydrogen) atoms. The molecule has 0 radical (unpaired) electrons. The maximum absolute atomic E-state index is 16.6. The number of aryl methyl sites for hydroxylation is 1. The van der Waals surface area contributed by atoms with Gasteiger partial charge in [0.05, 0.1) is 10.9 Å². The van der Waals surface area contributed by atoms with Crippen LogP contribution in [0.15, 0.2) is 54.8 Å². The lowest BCUT2D eigenvalue weighted by molar-refractivity contribution is -0.153. The van der Waals surface area contributed by atoms with Crippen molar-refractivity contribution in [1.82, 2.24) is 19.9 Å². The number of alkyl halides is 3. The van der Waals surface area contributed by atoms with Crippen molar-refractivity contribution < 1.29 is 40.9 Å². The molecule has 2 aromatic carbocycles. The summed E-state index contributed by atoms with van der Waals surface area (Å²) >= 11 is 0. The summed E-state index contributed by atoms with van der Waals surface area (Å²) in [6.07, 6.45) is -2.02. The van der Waals surface area contributed by atoms with Gasteiger partial charge in [-0.05, 0) is 53.8 Å². The van der Waals surface area contributed by atoms with Crippen LogP contribution in [0.25, 0.3) is 32.9 Å². The Labute approximate surface area is 261 Å². The molecular formula is C33H31F5N4O4. The lowest BCUT2D eigenvalue weighted by Gasteiger charge is -2.30. The Balaban J connectivity index is 1.49. The number of benzene rings is 2. The fourth-order valence-electron chi connectivity index (χ4n) is 6.41. The molecule has 2 aromatic heterocycles. The smallest absolute Gasteiger partial charge is 0.422 e. The SMILES string of the molecule is C=C1CN2CC(=C)CC2(COc2nc(OCC(F)(F)F)c3cnc(-c4cc(OCOC)cc5ccc(F)c(CC)c45)c(F)c3n2)C1. The number of hydrogen-bond donors (Lipinski definition) is 0. The molecule has 0 bridgehead atoms. The van der Waals surface area contributed by atoms with E-state index in [9.17, 15) is 17.6 Å². The lowest BCUT2D eigenvalue weighted by Crippen LogP contribution is -2.43. The zero-order chi connectivity index (χ0) is 32.8. The van der Waals surface area contributed by atoms with Crippen LogP contribution in [0.2, 0.25) is 0 Å². The molecule has 8 nitrogen and oxygen atoms in total. The highest BCUT2D eigenvalue weighted by atomic mass is 19.4. The molecule has 0 atom stereocenters. The van der Waals surface area contributed by atoms with Gasteiger partial charge in [-0.3, -0.25) is 9.88 Å². The van der Waals surface area contributed by atoms with Gasteiger partial charge >= 0.3 is 12.2 Å². The van der Waals surface area contributed by atoms with Crippen LogP contribution >= 0.6 is 0 Å². The Bertz CT molecular complexity index is 1840. The van der Waals surface area contributed by atoms with Gasteiger partial charge in [-0.1, -0.05) is 37.3 Å². The van der Waals surface area contributed by atoms with E-state index in [1.165, 1.54) is 19.2 Å². The van der Waals surface area contributed by atoms with E-state index in [0.29, 0.717) is 48.0 Å². The van der Waals surface area contributed by atoms with Crippen LogP contribution in [0.1, 0.15) is 25.3 Å². The fourth-order valence-corrected chi connectivity index (χ4v) is 6.41. The highest BCUT2D eigenvalue weighted by Crippen LogP contribution is 2.43.